The van der Waals surface area contributed by atoms with E-state index in [1.165, 1.54) is 0 Å². The lowest BCUT2D eigenvalue weighted by atomic mass is 9.92. The first kappa shape index (κ1) is 65.2. The van der Waals surface area contributed by atoms with Gasteiger partial charge in [0.1, 0.15) is 48.4 Å². The first-order valence-electron chi connectivity index (χ1n) is 29.1. The van der Waals surface area contributed by atoms with Crippen LogP contribution in [-0.2, 0) is 23.9 Å². The Hall–Kier alpha value is -7.99. The number of guanidine groups is 1. The molecule has 0 saturated carbocycles. The molecule has 0 heterocycles. The number of unbranched alkanes of at least 4 members (excludes halogenated alkanes) is 1. The van der Waals surface area contributed by atoms with Gasteiger partial charge in [0.05, 0.1) is 13.2 Å². The van der Waals surface area contributed by atoms with Crippen molar-refractivity contribution in [2.75, 3.05) is 46.5 Å². The van der Waals surface area contributed by atoms with Gasteiger partial charge >= 0.3 is 12.2 Å². The summed E-state index contributed by atoms with van der Waals surface area (Å²) in [6.07, 6.45) is 1.39. The standard InChI is InChI=1S/C66H84N8O9.H2S/c1-42(2)34-38-80-56-32-30-44-20-9-11-22-46(44)58(56)59-47-23-12-10-21-45(47)31-33-57(59)81-39-37-69-60(75)53(28-17-18-35-71-64(78)83-66(5,6)7)72-61(76)54(29-19-36-70-63(67)68-8)73-62(77)55(40-43(3)4)74-65(79)82-41-52-50-26-15-13-24-48(50)49-25-14-16-27-51(49)52;/h9-16,20-27,30-33,42-43,52-55H,17-19,28-29,34-41H2,1-8H3,(H,69,75)(H,71,78)(H,72,76)(H,73,77)(H,74,79)(H3,67,68,70);1H2/t53-,54-,55-;/m1./s1. The Balaban J connectivity index is 0.0000113. The Morgan fingerprint density at radius 2 is 1.07 bits per heavy atom. The van der Waals surface area contributed by atoms with Crippen LogP contribution in [0.4, 0.5) is 9.59 Å². The Bertz CT molecular complexity index is 3170. The summed E-state index contributed by atoms with van der Waals surface area (Å²) in [5.74, 6) is 0.122. The monoisotopic (exact) mass is 1170 g/mol. The lowest BCUT2D eigenvalue weighted by Crippen LogP contribution is -2.57. The quantitative estimate of drug-likeness (QED) is 0.0139. The molecule has 6 aromatic carbocycles. The average molecular weight is 1170 g/mol. The molecule has 7 rings (SSSR count). The number of nitrogens with one attached hydrogen (secondary N) is 6. The fraction of sp³-hybridized carbons (Fsp3) is 0.424. The van der Waals surface area contributed by atoms with Crippen LogP contribution in [0.5, 0.6) is 11.5 Å². The fourth-order valence-corrected chi connectivity index (χ4v) is 10.3. The number of amides is 5. The number of rotatable bonds is 28. The zero-order chi connectivity index (χ0) is 59.5. The molecule has 0 unspecified atom stereocenters. The molecule has 1 aliphatic rings. The summed E-state index contributed by atoms with van der Waals surface area (Å²) < 4.78 is 24.4. The Morgan fingerprint density at radius 1 is 0.548 bits per heavy atom. The molecule has 0 bridgehead atoms. The maximum absolute atomic E-state index is 14.6. The highest BCUT2D eigenvalue weighted by molar-refractivity contribution is 7.59. The van der Waals surface area contributed by atoms with E-state index in [0.717, 1.165) is 67.1 Å². The third-order valence-corrected chi connectivity index (χ3v) is 14.4. The molecule has 0 aliphatic heterocycles. The van der Waals surface area contributed by atoms with E-state index in [9.17, 15) is 24.0 Å². The molecule has 6 aromatic rings. The van der Waals surface area contributed by atoms with Crippen molar-refractivity contribution in [2.45, 2.75) is 123 Å². The maximum atomic E-state index is 14.6. The highest BCUT2D eigenvalue weighted by Gasteiger charge is 2.33. The van der Waals surface area contributed by atoms with E-state index in [2.05, 4.69) is 93.2 Å². The summed E-state index contributed by atoms with van der Waals surface area (Å²) in [7, 11) is 1.55. The van der Waals surface area contributed by atoms with Crippen LogP contribution in [-0.4, -0.2) is 106 Å². The van der Waals surface area contributed by atoms with Crippen molar-refractivity contribution in [3.63, 3.8) is 0 Å². The minimum atomic E-state index is -1.14. The van der Waals surface area contributed by atoms with Crippen molar-refractivity contribution >= 4 is 70.9 Å². The van der Waals surface area contributed by atoms with Crippen LogP contribution in [0.15, 0.2) is 126 Å². The van der Waals surface area contributed by atoms with E-state index in [-0.39, 0.29) is 76.9 Å². The number of alkyl carbamates (subject to hydrolysis) is 2. The first-order chi connectivity index (χ1) is 39.9. The number of hydrogen-bond donors (Lipinski definition) is 7. The number of ether oxygens (including phenoxy) is 4. The predicted octanol–water partition coefficient (Wildman–Crippen LogP) is 10.6. The third kappa shape index (κ3) is 18.5. The summed E-state index contributed by atoms with van der Waals surface area (Å²) in [4.78, 5) is 73.5. The molecule has 18 heteroatoms. The number of nitrogens with two attached hydrogens (primary N) is 1. The van der Waals surface area contributed by atoms with E-state index in [4.69, 9.17) is 24.7 Å². The second kappa shape index (κ2) is 31.6. The normalized spacial score (nSPS) is 13.2. The zero-order valence-electron chi connectivity index (χ0n) is 49.9. The van der Waals surface area contributed by atoms with E-state index in [1.54, 1.807) is 27.8 Å². The molecule has 1 aliphatic carbocycles. The van der Waals surface area contributed by atoms with Crippen molar-refractivity contribution < 1.29 is 42.9 Å². The minimum Gasteiger partial charge on any atom is -0.493 e. The summed E-state index contributed by atoms with van der Waals surface area (Å²) >= 11 is 0. The second-order valence-corrected chi connectivity index (χ2v) is 22.9. The van der Waals surface area contributed by atoms with Crippen LogP contribution in [0, 0.1) is 11.8 Å². The largest absolute Gasteiger partial charge is 0.493 e. The van der Waals surface area contributed by atoms with Gasteiger partial charge < -0.3 is 56.6 Å². The Kier molecular flexibility index (Phi) is 24.5. The van der Waals surface area contributed by atoms with Gasteiger partial charge in [-0.25, -0.2) is 9.59 Å². The fourth-order valence-electron chi connectivity index (χ4n) is 10.3. The maximum Gasteiger partial charge on any atom is 0.407 e. The van der Waals surface area contributed by atoms with E-state index in [0.29, 0.717) is 44.1 Å². The lowest BCUT2D eigenvalue weighted by Gasteiger charge is -2.26. The van der Waals surface area contributed by atoms with Gasteiger partial charge in [0.2, 0.25) is 17.7 Å². The number of benzene rings is 6. The molecule has 450 valence electrons. The van der Waals surface area contributed by atoms with Gasteiger partial charge in [-0.2, -0.15) is 13.5 Å². The Morgan fingerprint density at radius 3 is 1.64 bits per heavy atom. The number of fused-ring (bicyclic) bond motifs is 5. The molecule has 0 aromatic heterocycles. The molecule has 3 atom stereocenters. The van der Waals surface area contributed by atoms with Gasteiger partial charge in [0.15, 0.2) is 5.96 Å². The third-order valence-electron chi connectivity index (χ3n) is 14.4. The smallest absolute Gasteiger partial charge is 0.407 e. The molecule has 0 spiro atoms. The number of carbonyl (C=O) groups is 5. The number of hydrogen-bond acceptors (Lipinski definition) is 10. The summed E-state index contributed by atoms with van der Waals surface area (Å²) in [6.45, 7) is 14.9. The van der Waals surface area contributed by atoms with Gasteiger partial charge in [-0.15, -0.1) is 0 Å². The molecule has 17 nitrogen and oxygen atoms in total. The summed E-state index contributed by atoms with van der Waals surface area (Å²) in [5.41, 5.74) is 11.3. The van der Waals surface area contributed by atoms with Crippen LogP contribution in [0.2, 0.25) is 0 Å². The summed E-state index contributed by atoms with van der Waals surface area (Å²) in [6, 6.07) is 37.2. The van der Waals surface area contributed by atoms with Gasteiger partial charge in [-0.1, -0.05) is 137 Å². The van der Waals surface area contributed by atoms with Gasteiger partial charge in [0, 0.05) is 37.2 Å². The SMILES string of the molecule is CN=C(N)NCCC[C@@H](NC(=O)[C@@H](CC(C)C)NC(=O)OCC1c2ccccc2-c2ccccc21)C(=O)N[C@H](CCCCNC(=O)OC(C)(C)C)C(=O)NCCOc1ccc2ccccc2c1-c1c(OCCC(C)C)ccc2ccccc12.S. The minimum absolute atomic E-state index is 0. The van der Waals surface area contributed by atoms with Crippen LogP contribution >= 0.6 is 13.5 Å². The Labute approximate surface area is 501 Å². The van der Waals surface area contributed by atoms with E-state index >= 15 is 0 Å². The van der Waals surface area contributed by atoms with E-state index in [1.807, 2.05) is 92.7 Å². The average Bonchev–Trinajstić information content (AvgIpc) is 2.74. The lowest BCUT2D eigenvalue weighted by molar-refractivity contribution is -0.133. The second-order valence-electron chi connectivity index (χ2n) is 22.9. The summed E-state index contributed by atoms with van der Waals surface area (Å²) in [5, 5.41) is 21.4. The van der Waals surface area contributed by atoms with Gasteiger partial charge in [0.25, 0.3) is 0 Å². The van der Waals surface area contributed by atoms with Gasteiger partial charge in [-0.3, -0.25) is 19.4 Å². The van der Waals surface area contributed by atoms with Gasteiger partial charge in [-0.05, 0) is 133 Å². The zero-order valence-corrected chi connectivity index (χ0v) is 50.9. The number of carbonyl (C=O) groups excluding carboxylic acids is 5. The topological polar surface area (TPSA) is 233 Å². The van der Waals surface area contributed by atoms with Crippen molar-refractivity contribution in [1.82, 2.24) is 31.9 Å². The highest BCUT2D eigenvalue weighted by Crippen LogP contribution is 2.46. The van der Waals surface area contributed by atoms with E-state index < -0.39 is 53.6 Å². The van der Waals surface area contributed by atoms with Crippen molar-refractivity contribution in [3.05, 3.63) is 132 Å². The van der Waals surface area contributed by atoms with Crippen molar-refractivity contribution in [3.8, 4) is 33.8 Å². The first-order valence-corrected chi connectivity index (χ1v) is 29.1. The number of aliphatic imine (C=N–C) groups is 1. The molecule has 0 fully saturated rings. The molecule has 5 amide bonds. The molecule has 8 N–H and O–H groups in total. The predicted molar refractivity (Wildman–Crippen MR) is 339 cm³/mol. The number of nitrogens with zero attached hydrogens (tertiary/aromatic N) is 1. The van der Waals surface area contributed by atoms with Crippen molar-refractivity contribution in [2.24, 2.45) is 22.6 Å². The molecule has 84 heavy (non-hydrogen) atoms. The molecular weight excluding hydrogens is 1080 g/mol. The van der Waals surface area contributed by atoms with Crippen LogP contribution < -0.4 is 47.1 Å². The highest BCUT2D eigenvalue weighted by atomic mass is 32.1. The molecule has 0 saturated heterocycles. The molecule has 0 radical (unpaired) electrons. The molecular formula is C66H86N8O9S. The van der Waals surface area contributed by atoms with Crippen LogP contribution in [0.25, 0.3) is 43.8 Å². The van der Waals surface area contributed by atoms with Crippen molar-refractivity contribution in [1.29, 1.82) is 0 Å². The van der Waals surface area contributed by atoms with Crippen LogP contribution in [0.1, 0.15) is 110 Å². The van der Waals surface area contributed by atoms with Crippen LogP contribution in [0.3, 0.4) is 0 Å².